The van der Waals surface area contributed by atoms with E-state index in [0.717, 1.165) is 31.5 Å². The summed E-state index contributed by atoms with van der Waals surface area (Å²) in [6.07, 6.45) is 5.95. The van der Waals surface area contributed by atoms with Crippen LogP contribution in [0.5, 0.6) is 0 Å². The van der Waals surface area contributed by atoms with E-state index in [1.807, 2.05) is 4.68 Å². The Morgan fingerprint density at radius 2 is 2.40 bits per heavy atom. The van der Waals surface area contributed by atoms with Gasteiger partial charge in [0, 0.05) is 19.2 Å². The fourth-order valence-corrected chi connectivity index (χ4v) is 1.72. The van der Waals surface area contributed by atoms with Gasteiger partial charge < -0.3 is 0 Å². The Bertz CT molecular complexity index is 491. The van der Waals surface area contributed by atoms with Gasteiger partial charge in [-0.15, -0.1) is 5.10 Å². The van der Waals surface area contributed by atoms with E-state index in [0.29, 0.717) is 11.5 Å². The Kier molecular flexibility index (Phi) is 1.67. The van der Waals surface area contributed by atoms with Gasteiger partial charge in [0.05, 0.1) is 11.8 Å². The molecule has 1 aliphatic rings. The maximum atomic E-state index is 10.5. The normalized spacial score (nSPS) is 14.1. The fraction of sp³-hybridized carbons (Fsp3) is 0.333. The zero-order valence-corrected chi connectivity index (χ0v) is 8.00. The van der Waals surface area contributed by atoms with Crippen LogP contribution in [0.4, 0.5) is 0 Å². The smallest absolute Gasteiger partial charge is 0.269 e. The second kappa shape index (κ2) is 3.01. The number of hydrogen-bond acceptors (Lipinski definition) is 4. The number of fused-ring (bicyclic) bond motifs is 1. The molecule has 3 heterocycles. The van der Waals surface area contributed by atoms with Gasteiger partial charge in [-0.05, 0) is 6.42 Å². The minimum absolute atomic E-state index is 0.532. The fourth-order valence-electron chi connectivity index (χ4n) is 1.72. The van der Waals surface area contributed by atoms with Crippen LogP contribution in [0.1, 0.15) is 22.6 Å². The highest BCUT2D eigenvalue weighted by Gasteiger charge is 2.16. The SMILES string of the molecule is O=Cc1cnn(-c2nc3n(n2)CCC3)c1. The molecule has 76 valence electrons. The Hall–Kier alpha value is -1.98. The first-order valence-electron chi connectivity index (χ1n) is 4.81. The molecule has 6 nitrogen and oxygen atoms in total. The minimum Gasteiger partial charge on any atom is -0.298 e. The first-order valence-corrected chi connectivity index (χ1v) is 4.81. The number of nitrogens with zero attached hydrogens (tertiary/aromatic N) is 5. The van der Waals surface area contributed by atoms with Crippen LogP contribution in [-0.2, 0) is 13.0 Å². The number of carbonyl (C=O) groups is 1. The quantitative estimate of drug-likeness (QED) is 0.655. The van der Waals surface area contributed by atoms with Crippen LogP contribution in [0.2, 0.25) is 0 Å². The number of aldehydes is 1. The van der Waals surface area contributed by atoms with Gasteiger partial charge in [0.2, 0.25) is 0 Å². The molecule has 0 aromatic carbocycles. The summed E-state index contributed by atoms with van der Waals surface area (Å²) in [6.45, 7) is 0.921. The highest BCUT2D eigenvalue weighted by Crippen LogP contribution is 2.13. The van der Waals surface area contributed by atoms with Crippen molar-refractivity contribution < 1.29 is 4.79 Å². The van der Waals surface area contributed by atoms with Gasteiger partial charge in [-0.2, -0.15) is 10.1 Å². The van der Waals surface area contributed by atoms with Crippen molar-refractivity contribution in [1.82, 2.24) is 24.5 Å². The van der Waals surface area contributed by atoms with Crippen molar-refractivity contribution in [3.05, 3.63) is 23.8 Å². The monoisotopic (exact) mass is 203 g/mol. The lowest BCUT2D eigenvalue weighted by molar-refractivity contribution is 0.112. The maximum Gasteiger partial charge on any atom is 0.269 e. The van der Waals surface area contributed by atoms with Crippen molar-refractivity contribution in [2.24, 2.45) is 0 Å². The topological polar surface area (TPSA) is 65.6 Å². The number of rotatable bonds is 2. The zero-order valence-electron chi connectivity index (χ0n) is 8.00. The molecule has 0 unspecified atom stereocenters. The van der Waals surface area contributed by atoms with Crippen LogP contribution in [0, 0.1) is 0 Å². The molecule has 0 N–H and O–H groups in total. The van der Waals surface area contributed by atoms with Crippen LogP contribution < -0.4 is 0 Å². The number of hydrogen-bond donors (Lipinski definition) is 0. The minimum atomic E-state index is 0.532. The molecule has 0 atom stereocenters. The Balaban J connectivity index is 2.01. The van der Waals surface area contributed by atoms with Crippen molar-refractivity contribution in [2.45, 2.75) is 19.4 Å². The number of aromatic nitrogens is 5. The van der Waals surface area contributed by atoms with Gasteiger partial charge >= 0.3 is 0 Å². The summed E-state index contributed by atoms with van der Waals surface area (Å²) in [7, 11) is 0. The summed E-state index contributed by atoms with van der Waals surface area (Å²) in [5, 5.41) is 8.32. The highest BCUT2D eigenvalue weighted by molar-refractivity contribution is 5.73. The molecular weight excluding hydrogens is 194 g/mol. The summed E-state index contributed by atoms with van der Waals surface area (Å²) >= 11 is 0. The second-order valence-electron chi connectivity index (χ2n) is 3.49. The van der Waals surface area contributed by atoms with E-state index >= 15 is 0 Å². The Labute approximate surface area is 85.5 Å². The molecule has 6 heteroatoms. The van der Waals surface area contributed by atoms with Crippen LogP contribution in [-0.4, -0.2) is 30.8 Å². The summed E-state index contributed by atoms with van der Waals surface area (Å²) in [5.41, 5.74) is 0.532. The molecule has 15 heavy (non-hydrogen) atoms. The van der Waals surface area contributed by atoms with E-state index in [1.165, 1.54) is 10.9 Å². The molecule has 0 spiro atoms. The first kappa shape index (κ1) is 8.34. The van der Waals surface area contributed by atoms with Crippen molar-refractivity contribution in [3.63, 3.8) is 0 Å². The molecular formula is C9H9N5O. The molecule has 2 aromatic rings. The van der Waals surface area contributed by atoms with Gasteiger partial charge in [0.1, 0.15) is 5.82 Å². The Morgan fingerprint density at radius 3 is 3.13 bits per heavy atom. The molecule has 0 saturated carbocycles. The second-order valence-corrected chi connectivity index (χ2v) is 3.49. The Morgan fingerprint density at radius 1 is 1.47 bits per heavy atom. The molecule has 0 saturated heterocycles. The molecule has 0 amide bonds. The number of aryl methyl sites for hydroxylation is 2. The van der Waals surface area contributed by atoms with Crippen LogP contribution in [0.15, 0.2) is 12.4 Å². The molecule has 2 aromatic heterocycles. The van der Waals surface area contributed by atoms with E-state index in [-0.39, 0.29) is 0 Å². The molecule has 3 rings (SSSR count). The lowest BCUT2D eigenvalue weighted by atomic mass is 10.4. The molecule has 0 aliphatic carbocycles. The summed E-state index contributed by atoms with van der Waals surface area (Å²) < 4.78 is 3.41. The van der Waals surface area contributed by atoms with E-state index in [4.69, 9.17) is 0 Å². The van der Waals surface area contributed by atoms with Gasteiger partial charge in [-0.3, -0.25) is 4.79 Å². The average Bonchev–Trinajstić information content (AvgIpc) is 2.91. The maximum absolute atomic E-state index is 10.5. The van der Waals surface area contributed by atoms with E-state index in [1.54, 1.807) is 6.20 Å². The van der Waals surface area contributed by atoms with Gasteiger partial charge in [-0.1, -0.05) is 0 Å². The lowest BCUT2D eigenvalue weighted by Gasteiger charge is -1.92. The van der Waals surface area contributed by atoms with Crippen molar-refractivity contribution in [3.8, 4) is 5.95 Å². The van der Waals surface area contributed by atoms with Crippen molar-refractivity contribution in [1.29, 1.82) is 0 Å². The van der Waals surface area contributed by atoms with Gasteiger partial charge in [0.25, 0.3) is 5.95 Å². The van der Waals surface area contributed by atoms with Crippen LogP contribution in [0.3, 0.4) is 0 Å². The molecule has 1 aliphatic heterocycles. The lowest BCUT2D eigenvalue weighted by Crippen LogP contribution is -2.00. The standard InChI is InChI=1S/C9H9N5O/c15-6-7-4-10-14(5-7)9-11-8-2-1-3-13(8)12-9/h4-6H,1-3H2. The predicted molar refractivity (Wildman–Crippen MR) is 50.9 cm³/mol. The zero-order chi connectivity index (χ0) is 10.3. The highest BCUT2D eigenvalue weighted by atomic mass is 16.1. The summed E-state index contributed by atoms with van der Waals surface area (Å²) in [4.78, 5) is 14.8. The third-order valence-electron chi connectivity index (χ3n) is 2.45. The largest absolute Gasteiger partial charge is 0.298 e. The molecule has 0 bridgehead atoms. The third-order valence-corrected chi connectivity index (χ3v) is 2.45. The van der Waals surface area contributed by atoms with Gasteiger partial charge in [0.15, 0.2) is 6.29 Å². The van der Waals surface area contributed by atoms with E-state index in [2.05, 4.69) is 15.2 Å². The molecule has 0 radical (unpaired) electrons. The van der Waals surface area contributed by atoms with Crippen molar-refractivity contribution in [2.75, 3.05) is 0 Å². The number of carbonyl (C=O) groups excluding carboxylic acids is 1. The molecule has 0 fully saturated rings. The first-order chi connectivity index (χ1) is 7.36. The third kappa shape index (κ3) is 1.25. The summed E-state index contributed by atoms with van der Waals surface area (Å²) in [5.74, 6) is 1.53. The van der Waals surface area contributed by atoms with E-state index in [9.17, 15) is 4.79 Å². The predicted octanol–water partition coefficient (Wildman–Crippen LogP) is 0.222. The van der Waals surface area contributed by atoms with Crippen LogP contribution in [0.25, 0.3) is 5.95 Å². The van der Waals surface area contributed by atoms with E-state index < -0.39 is 0 Å². The van der Waals surface area contributed by atoms with Crippen LogP contribution >= 0.6 is 0 Å². The average molecular weight is 203 g/mol. The van der Waals surface area contributed by atoms with Crippen molar-refractivity contribution >= 4 is 6.29 Å². The van der Waals surface area contributed by atoms with Gasteiger partial charge in [-0.25, -0.2) is 9.36 Å². The summed E-state index contributed by atoms with van der Waals surface area (Å²) in [6, 6.07) is 0.